The van der Waals surface area contributed by atoms with E-state index in [9.17, 15) is 9.18 Å². The van der Waals surface area contributed by atoms with Crippen molar-refractivity contribution in [2.75, 3.05) is 11.1 Å². The predicted molar refractivity (Wildman–Crippen MR) is 113 cm³/mol. The van der Waals surface area contributed by atoms with Crippen molar-refractivity contribution >= 4 is 44.9 Å². The fourth-order valence-corrected chi connectivity index (χ4v) is 4.54. The number of carbonyl (C=O) groups excluding carboxylic acids is 1. The molecule has 0 atom stereocenters. The maximum absolute atomic E-state index is 13.6. The second-order valence-corrected chi connectivity index (χ2v) is 8.17. The van der Waals surface area contributed by atoms with Crippen LogP contribution in [0, 0.1) is 12.7 Å². The van der Waals surface area contributed by atoms with Gasteiger partial charge in [-0.25, -0.2) is 14.4 Å². The van der Waals surface area contributed by atoms with Crippen LogP contribution in [0.1, 0.15) is 5.56 Å². The number of nitrogens with zero attached hydrogens (tertiary/aromatic N) is 2. The molecule has 0 fully saturated rings. The summed E-state index contributed by atoms with van der Waals surface area (Å²) in [6.45, 7) is 1.68. The van der Waals surface area contributed by atoms with Crippen molar-refractivity contribution in [2.45, 2.75) is 11.9 Å². The number of thioether (sulfide) groups is 1. The highest BCUT2D eigenvalue weighted by atomic mass is 32.2. The average Bonchev–Trinajstić information content (AvgIpc) is 3.15. The second kappa shape index (κ2) is 8.08. The molecule has 2 aromatic heterocycles. The SMILES string of the molecule is Cc1ccc(NC(=O)CSc2ncnc3sc(-c4ccccc4)cc23)cc1F. The number of aryl methyl sites for hydroxylation is 1. The van der Waals surface area contributed by atoms with E-state index in [0.29, 0.717) is 11.3 Å². The highest BCUT2D eigenvalue weighted by Gasteiger charge is 2.12. The zero-order valence-corrected chi connectivity index (χ0v) is 16.6. The Morgan fingerprint density at radius 2 is 1.96 bits per heavy atom. The highest BCUT2D eigenvalue weighted by Crippen LogP contribution is 2.36. The normalized spacial score (nSPS) is 10.9. The molecule has 4 nitrogen and oxygen atoms in total. The summed E-state index contributed by atoms with van der Waals surface area (Å²) in [5, 5.41) is 4.41. The minimum Gasteiger partial charge on any atom is -0.325 e. The van der Waals surface area contributed by atoms with Crippen molar-refractivity contribution in [1.29, 1.82) is 0 Å². The quantitative estimate of drug-likeness (QED) is 0.347. The lowest BCUT2D eigenvalue weighted by molar-refractivity contribution is -0.113. The van der Waals surface area contributed by atoms with Gasteiger partial charge in [-0.3, -0.25) is 4.79 Å². The number of anilines is 1. The summed E-state index contributed by atoms with van der Waals surface area (Å²) in [4.78, 5) is 22.9. The molecule has 0 bridgehead atoms. The van der Waals surface area contributed by atoms with Crippen molar-refractivity contribution in [3.8, 4) is 10.4 Å². The van der Waals surface area contributed by atoms with Crippen LogP contribution in [0.2, 0.25) is 0 Å². The zero-order chi connectivity index (χ0) is 19.5. The van der Waals surface area contributed by atoms with Gasteiger partial charge in [-0.15, -0.1) is 11.3 Å². The Morgan fingerprint density at radius 1 is 1.14 bits per heavy atom. The first-order valence-electron chi connectivity index (χ1n) is 8.59. The van der Waals surface area contributed by atoms with Crippen LogP contribution in [0.25, 0.3) is 20.7 Å². The Kier molecular flexibility index (Phi) is 5.36. The van der Waals surface area contributed by atoms with E-state index in [4.69, 9.17) is 0 Å². The molecule has 1 N–H and O–H groups in total. The zero-order valence-electron chi connectivity index (χ0n) is 15.0. The molecule has 2 heterocycles. The van der Waals surface area contributed by atoms with E-state index in [0.717, 1.165) is 25.7 Å². The lowest BCUT2D eigenvalue weighted by atomic mass is 10.2. The standard InChI is InChI=1S/C21H16FN3OS2/c1-13-7-8-15(9-17(13)22)25-19(26)11-27-20-16-10-18(14-5-3-2-4-6-14)28-21(16)24-12-23-20/h2-10,12H,11H2,1H3,(H,25,26). The van der Waals surface area contributed by atoms with Crippen molar-refractivity contribution in [3.05, 3.63) is 72.3 Å². The molecule has 0 aliphatic heterocycles. The molecule has 4 rings (SSSR count). The van der Waals surface area contributed by atoms with Crippen LogP contribution in [0.5, 0.6) is 0 Å². The first kappa shape index (κ1) is 18.6. The molecule has 0 aliphatic carbocycles. The van der Waals surface area contributed by atoms with Gasteiger partial charge in [-0.2, -0.15) is 0 Å². The van der Waals surface area contributed by atoms with Crippen LogP contribution in [-0.2, 0) is 4.79 Å². The van der Waals surface area contributed by atoms with Crippen molar-refractivity contribution in [3.63, 3.8) is 0 Å². The number of nitrogens with one attached hydrogen (secondary N) is 1. The van der Waals surface area contributed by atoms with Gasteiger partial charge in [0.1, 0.15) is 22.0 Å². The van der Waals surface area contributed by atoms with Gasteiger partial charge in [0.25, 0.3) is 0 Å². The number of carbonyl (C=O) groups is 1. The number of thiophene rings is 1. The van der Waals surface area contributed by atoms with Gasteiger partial charge in [-0.05, 0) is 36.2 Å². The largest absolute Gasteiger partial charge is 0.325 e. The third kappa shape index (κ3) is 4.05. The maximum Gasteiger partial charge on any atom is 0.234 e. The summed E-state index contributed by atoms with van der Waals surface area (Å²) in [5.41, 5.74) is 2.12. The van der Waals surface area contributed by atoms with Crippen LogP contribution in [-0.4, -0.2) is 21.6 Å². The first-order chi connectivity index (χ1) is 13.6. The van der Waals surface area contributed by atoms with E-state index in [1.807, 2.05) is 18.2 Å². The maximum atomic E-state index is 13.6. The Hall–Kier alpha value is -2.77. The van der Waals surface area contributed by atoms with E-state index in [1.165, 1.54) is 24.2 Å². The van der Waals surface area contributed by atoms with Crippen LogP contribution in [0.3, 0.4) is 0 Å². The topological polar surface area (TPSA) is 54.9 Å². The molecule has 4 aromatic rings. The highest BCUT2D eigenvalue weighted by molar-refractivity contribution is 8.00. The third-order valence-electron chi connectivity index (χ3n) is 4.15. The van der Waals surface area contributed by atoms with Crippen molar-refractivity contribution < 1.29 is 9.18 Å². The van der Waals surface area contributed by atoms with Crippen LogP contribution in [0.4, 0.5) is 10.1 Å². The van der Waals surface area contributed by atoms with Gasteiger partial charge in [-0.1, -0.05) is 48.2 Å². The summed E-state index contributed by atoms with van der Waals surface area (Å²) < 4.78 is 13.6. The molecule has 2 aromatic carbocycles. The van der Waals surface area contributed by atoms with Gasteiger partial charge < -0.3 is 5.32 Å². The monoisotopic (exact) mass is 409 g/mol. The number of amides is 1. The third-order valence-corrected chi connectivity index (χ3v) is 6.24. The van der Waals surface area contributed by atoms with E-state index in [-0.39, 0.29) is 17.5 Å². The molecule has 1 amide bonds. The number of aromatic nitrogens is 2. The van der Waals surface area contributed by atoms with E-state index in [2.05, 4.69) is 33.5 Å². The van der Waals surface area contributed by atoms with Crippen LogP contribution in [0.15, 0.2) is 66.0 Å². The Balaban J connectivity index is 1.49. The lowest BCUT2D eigenvalue weighted by Gasteiger charge is -2.06. The first-order valence-corrected chi connectivity index (χ1v) is 10.4. The average molecular weight is 410 g/mol. The second-order valence-electron chi connectivity index (χ2n) is 6.18. The smallest absolute Gasteiger partial charge is 0.234 e. The summed E-state index contributed by atoms with van der Waals surface area (Å²) in [7, 11) is 0. The van der Waals surface area contributed by atoms with E-state index in [1.54, 1.807) is 30.4 Å². The molecule has 28 heavy (non-hydrogen) atoms. The van der Waals surface area contributed by atoms with Gasteiger partial charge in [0.2, 0.25) is 5.91 Å². The Morgan fingerprint density at radius 3 is 2.75 bits per heavy atom. The predicted octanol–water partition coefficient (Wildman–Crippen LogP) is 5.54. The fraction of sp³-hybridized carbons (Fsp3) is 0.0952. The number of benzene rings is 2. The molecule has 0 unspecified atom stereocenters. The Bertz CT molecular complexity index is 1150. The fourth-order valence-electron chi connectivity index (χ4n) is 2.70. The number of rotatable bonds is 5. The molecular formula is C21H16FN3OS2. The van der Waals surface area contributed by atoms with Crippen LogP contribution < -0.4 is 5.32 Å². The molecule has 0 saturated heterocycles. The van der Waals surface area contributed by atoms with Gasteiger partial charge in [0, 0.05) is 16.0 Å². The molecule has 0 saturated carbocycles. The van der Waals surface area contributed by atoms with Crippen molar-refractivity contribution in [1.82, 2.24) is 9.97 Å². The molecule has 0 radical (unpaired) electrons. The molecule has 7 heteroatoms. The van der Waals surface area contributed by atoms with Gasteiger partial charge >= 0.3 is 0 Å². The number of halogens is 1. The number of hydrogen-bond donors (Lipinski definition) is 1. The minimum absolute atomic E-state index is 0.179. The Labute approximate surface area is 169 Å². The number of hydrogen-bond acceptors (Lipinski definition) is 5. The summed E-state index contributed by atoms with van der Waals surface area (Å²) in [6.07, 6.45) is 1.52. The van der Waals surface area contributed by atoms with E-state index < -0.39 is 0 Å². The molecule has 0 spiro atoms. The number of fused-ring (bicyclic) bond motifs is 1. The summed E-state index contributed by atoms with van der Waals surface area (Å²) in [5.74, 6) is -0.369. The minimum atomic E-state index is -0.338. The summed E-state index contributed by atoms with van der Waals surface area (Å²) in [6, 6.07) is 16.8. The van der Waals surface area contributed by atoms with E-state index >= 15 is 0 Å². The van der Waals surface area contributed by atoms with Crippen LogP contribution >= 0.6 is 23.1 Å². The lowest BCUT2D eigenvalue weighted by Crippen LogP contribution is -2.14. The van der Waals surface area contributed by atoms with Gasteiger partial charge in [0.05, 0.1) is 5.75 Å². The summed E-state index contributed by atoms with van der Waals surface area (Å²) >= 11 is 2.94. The molecule has 140 valence electrons. The van der Waals surface area contributed by atoms with Crippen molar-refractivity contribution in [2.24, 2.45) is 0 Å². The molecular weight excluding hydrogens is 393 g/mol. The van der Waals surface area contributed by atoms with Gasteiger partial charge in [0.15, 0.2) is 0 Å². The molecule has 0 aliphatic rings.